The van der Waals surface area contributed by atoms with Crippen molar-refractivity contribution in [1.82, 2.24) is 30.8 Å². The SMILES string of the molecule is CC(C)[C@H](NC(=O)N(C)Cc1csc(C2=CCCC2)n1)C(=O)N[C@@H](Cc1ccccc1)C[C@H](O)[C@H](Cc1ccccc1)NC(=O)OCc1cncs1. The zero-order chi connectivity index (χ0) is 36.9. The maximum Gasteiger partial charge on any atom is 0.407 e. The molecule has 0 saturated carbocycles. The van der Waals surface area contributed by atoms with Crippen LogP contribution in [0.4, 0.5) is 9.59 Å². The number of aromatic nitrogens is 2. The van der Waals surface area contributed by atoms with Crippen LogP contribution < -0.4 is 16.0 Å². The number of amides is 4. The number of benzene rings is 2. The van der Waals surface area contributed by atoms with E-state index in [1.54, 1.807) is 30.1 Å². The van der Waals surface area contributed by atoms with Gasteiger partial charge in [-0.2, -0.15) is 0 Å². The van der Waals surface area contributed by atoms with Crippen LogP contribution in [0.5, 0.6) is 0 Å². The molecule has 0 fully saturated rings. The summed E-state index contributed by atoms with van der Waals surface area (Å²) in [6.07, 6.45) is 6.32. The first-order valence-electron chi connectivity index (χ1n) is 17.7. The molecule has 5 rings (SSSR count). The Kier molecular flexibility index (Phi) is 14.3. The molecule has 276 valence electrons. The lowest BCUT2D eigenvalue weighted by Crippen LogP contribution is -2.55. The number of aliphatic hydroxyl groups is 1. The van der Waals surface area contributed by atoms with E-state index >= 15 is 0 Å². The minimum atomic E-state index is -1.05. The summed E-state index contributed by atoms with van der Waals surface area (Å²) in [4.78, 5) is 51.3. The van der Waals surface area contributed by atoms with Crippen LogP contribution in [-0.2, 0) is 35.5 Å². The van der Waals surface area contributed by atoms with Gasteiger partial charge in [0.1, 0.15) is 17.7 Å². The van der Waals surface area contributed by atoms with E-state index in [9.17, 15) is 19.5 Å². The van der Waals surface area contributed by atoms with Gasteiger partial charge >= 0.3 is 12.1 Å². The van der Waals surface area contributed by atoms with Crippen molar-refractivity contribution in [3.8, 4) is 0 Å². The molecule has 0 spiro atoms. The van der Waals surface area contributed by atoms with Gasteiger partial charge in [-0.3, -0.25) is 9.78 Å². The highest BCUT2D eigenvalue weighted by molar-refractivity contribution is 7.10. The van der Waals surface area contributed by atoms with E-state index in [0.29, 0.717) is 19.4 Å². The minimum Gasteiger partial charge on any atom is -0.444 e. The Morgan fingerprint density at radius 1 is 0.962 bits per heavy atom. The van der Waals surface area contributed by atoms with Gasteiger partial charge in [-0.1, -0.05) is 80.6 Å². The number of nitrogens with one attached hydrogen (secondary N) is 3. The number of rotatable bonds is 17. The maximum atomic E-state index is 13.9. The summed E-state index contributed by atoms with van der Waals surface area (Å²) in [7, 11) is 1.69. The van der Waals surface area contributed by atoms with Crippen LogP contribution in [0, 0.1) is 5.92 Å². The fraction of sp³-hybridized carbons (Fsp3) is 0.410. The first-order valence-corrected chi connectivity index (χ1v) is 19.4. The summed E-state index contributed by atoms with van der Waals surface area (Å²) in [5, 5.41) is 23.6. The Morgan fingerprint density at radius 2 is 1.67 bits per heavy atom. The highest BCUT2D eigenvalue weighted by Gasteiger charge is 2.31. The van der Waals surface area contributed by atoms with Gasteiger partial charge < -0.3 is 30.7 Å². The molecule has 2 aromatic heterocycles. The predicted octanol–water partition coefficient (Wildman–Crippen LogP) is 6.35. The molecule has 0 unspecified atom stereocenters. The molecular formula is C39H48N6O5S2. The summed E-state index contributed by atoms with van der Waals surface area (Å²) < 4.78 is 5.44. The first-order chi connectivity index (χ1) is 25.1. The Hall–Kier alpha value is -4.59. The molecule has 4 N–H and O–H groups in total. The number of allylic oxidation sites excluding steroid dienone is 2. The second-order valence-corrected chi connectivity index (χ2v) is 15.3. The predicted molar refractivity (Wildman–Crippen MR) is 205 cm³/mol. The van der Waals surface area contributed by atoms with Crippen molar-refractivity contribution >= 4 is 46.3 Å². The molecule has 13 heteroatoms. The molecule has 0 saturated heterocycles. The highest BCUT2D eigenvalue weighted by atomic mass is 32.1. The second kappa shape index (κ2) is 19.3. The number of ether oxygens (including phenoxy) is 1. The standard InChI is InChI=1S/C39H48N6O5S2/c1-26(2)35(44-38(48)45(3)22-31-24-51-37(42-31)29-16-10-11-17-29)36(47)41-30(18-27-12-6-4-7-13-27)20-34(46)33(19-28-14-8-5-9-15-28)43-39(49)50-23-32-21-40-25-52-32/h4-9,12-16,21,24-26,30,33-35,46H,10-11,17-20,22-23H2,1-3H3,(H,41,47)(H,43,49)(H,44,48)/t30-,33-,34-,35-/m0/s1. The summed E-state index contributed by atoms with van der Waals surface area (Å²) in [6.45, 7) is 4.14. The third-order valence-electron chi connectivity index (χ3n) is 8.93. The molecular weight excluding hydrogens is 697 g/mol. The normalized spacial score (nSPS) is 14.9. The molecule has 4 atom stereocenters. The van der Waals surface area contributed by atoms with Crippen molar-refractivity contribution in [3.05, 3.63) is 111 Å². The van der Waals surface area contributed by atoms with Crippen LogP contribution >= 0.6 is 22.7 Å². The van der Waals surface area contributed by atoms with Crippen LogP contribution in [-0.4, -0.2) is 69.3 Å². The van der Waals surface area contributed by atoms with Crippen LogP contribution in [0.2, 0.25) is 0 Å². The van der Waals surface area contributed by atoms with E-state index < -0.39 is 30.3 Å². The minimum absolute atomic E-state index is 0.0674. The van der Waals surface area contributed by atoms with E-state index in [2.05, 4.69) is 27.0 Å². The van der Waals surface area contributed by atoms with E-state index in [1.165, 1.54) is 21.8 Å². The smallest absolute Gasteiger partial charge is 0.407 e. The van der Waals surface area contributed by atoms with Crippen molar-refractivity contribution in [2.24, 2.45) is 5.92 Å². The Morgan fingerprint density at radius 3 is 2.31 bits per heavy atom. The highest BCUT2D eigenvalue weighted by Crippen LogP contribution is 2.30. The lowest BCUT2D eigenvalue weighted by Gasteiger charge is -2.30. The number of urea groups is 1. The van der Waals surface area contributed by atoms with E-state index in [-0.39, 0.29) is 30.9 Å². The van der Waals surface area contributed by atoms with Gasteiger partial charge in [-0.15, -0.1) is 22.7 Å². The molecule has 0 aliphatic heterocycles. The Labute approximate surface area is 313 Å². The fourth-order valence-electron chi connectivity index (χ4n) is 6.12. The van der Waals surface area contributed by atoms with Crippen molar-refractivity contribution in [2.45, 2.75) is 89.8 Å². The van der Waals surface area contributed by atoms with Gasteiger partial charge in [-0.05, 0) is 61.1 Å². The monoisotopic (exact) mass is 744 g/mol. The van der Waals surface area contributed by atoms with Crippen molar-refractivity contribution in [2.75, 3.05) is 7.05 Å². The van der Waals surface area contributed by atoms with Crippen molar-refractivity contribution in [1.29, 1.82) is 0 Å². The molecule has 52 heavy (non-hydrogen) atoms. The molecule has 2 heterocycles. The molecule has 4 aromatic rings. The Balaban J connectivity index is 1.26. The van der Waals surface area contributed by atoms with Gasteiger partial charge in [0, 0.05) is 24.7 Å². The quantitative estimate of drug-likeness (QED) is 0.0987. The van der Waals surface area contributed by atoms with Gasteiger partial charge in [0.25, 0.3) is 0 Å². The van der Waals surface area contributed by atoms with E-state index in [0.717, 1.165) is 46.0 Å². The zero-order valence-corrected chi connectivity index (χ0v) is 31.5. The molecule has 4 amide bonds. The second-order valence-electron chi connectivity index (χ2n) is 13.5. The summed E-state index contributed by atoms with van der Waals surface area (Å²) in [6, 6.07) is 16.8. The first kappa shape index (κ1) is 38.6. The van der Waals surface area contributed by atoms with E-state index in [4.69, 9.17) is 9.72 Å². The van der Waals surface area contributed by atoms with E-state index in [1.807, 2.05) is 79.9 Å². The number of carbonyl (C=O) groups is 3. The zero-order valence-electron chi connectivity index (χ0n) is 29.9. The molecule has 11 nitrogen and oxygen atoms in total. The van der Waals surface area contributed by atoms with Gasteiger partial charge in [0.15, 0.2) is 0 Å². The number of alkyl carbamates (subject to hydrolysis) is 1. The average Bonchev–Trinajstić information content (AvgIpc) is 3.94. The molecule has 0 bridgehead atoms. The third-order valence-corrected chi connectivity index (χ3v) is 10.7. The maximum absolute atomic E-state index is 13.9. The number of aliphatic hydroxyl groups excluding tert-OH is 1. The molecule has 0 radical (unpaired) electrons. The van der Waals surface area contributed by atoms with Crippen LogP contribution in [0.15, 0.2) is 83.8 Å². The number of carbonyl (C=O) groups excluding carboxylic acids is 3. The lowest BCUT2D eigenvalue weighted by atomic mass is 9.93. The molecule has 1 aliphatic carbocycles. The van der Waals surface area contributed by atoms with Crippen molar-refractivity contribution < 1.29 is 24.2 Å². The average molecular weight is 745 g/mol. The number of hydrogen-bond acceptors (Lipinski definition) is 9. The topological polar surface area (TPSA) is 146 Å². The number of thiazole rings is 2. The third kappa shape index (κ3) is 11.7. The van der Waals surface area contributed by atoms with Gasteiger partial charge in [0.2, 0.25) is 5.91 Å². The Bertz CT molecular complexity index is 1750. The summed E-state index contributed by atoms with van der Waals surface area (Å²) in [5.74, 6) is -0.578. The number of hydrogen-bond donors (Lipinski definition) is 4. The summed E-state index contributed by atoms with van der Waals surface area (Å²) >= 11 is 2.97. The van der Waals surface area contributed by atoms with Crippen molar-refractivity contribution in [3.63, 3.8) is 0 Å². The van der Waals surface area contributed by atoms with Crippen LogP contribution in [0.3, 0.4) is 0 Å². The number of nitrogens with zero attached hydrogens (tertiary/aromatic N) is 3. The fourth-order valence-corrected chi connectivity index (χ4v) is 7.51. The lowest BCUT2D eigenvalue weighted by molar-refractivity contribution is -0.124. The van der Waals surface area contributed by atoms with Crippen LogP contribution in [0.25, 0.3) is 5.57 Å². The largest absolute Gasteiger partial charge is 0.444 e. The molecule has 2 aromatic carbocycles. The van der Waals surface area contributed by atoms with Gasteiger partial charge in [-0.25, -0.2) is 14.6 Å². The van der Waals surface area contributed by atoms with Crippen LogP contribution in [0.1, 0.15) is 66.2 Å². The summed E-state index contributed by atoms with van der Waals surface area (Å²) in [5.41, 5.74) is 5.63. The van der Waals surface area contributed by atoms with Gasteiger partial charge in [0.05, 0.1) is 34.8 Å². The molecule has 1 aliphatic rings.